The third-order valence-corrected chi connectivity index (χ3v) is 4.47. The Hall–Kier alpha value is -4.01. The Labute approximate surface area is 184 Å². The number of fused-ring (bicyclic) bond motifs is 1. The molecule has 4 rings (SSSR count). The number of benzene rings is 2. The van der Waals surface area contributed by atoms with Gasteiger partial charge in [-0.1, -0.05) is 0 Å². The molecule has 0 bridgehead atoms. The third-order valence-electron chi connectivity index (χ3n) is 4.47. The van der Waals surface area contributed by atoms with Crippen LogP contribution in [0.3, 0.4) is 0 Å². The van der Waals surface area contributed by atoms with Crippen LogP contribution in [0, 0.1) is 5.82 Å². The summed E-state index contributed by atoms with van der Waals surface area (Å²) in [7, 11) is 0. The molecule has 0 unspecified atom stereocenters. The lowest BCUT2D eigenvalue weighted by atomic mass is 10.2. The Morgan fingerprint density at radius 1 is 1.03 bits per heavy atom. The highest BCUT2D eigenvalue weighted by Crippen LogP contribution is 2.19. The monoisotopic (exact) mass is 435 g/mol. The van der Waals surface area contributed by atoms with Crippen LogP contribution in [0.15, 0.2) is 60.7 Å². The molecule has 164 valence electrons. The van der Waals surface area contributed by atoms with Crippen LogP contribution < -0.4 is 14.8 Å². The van der Waals surface area contributed by atoms with Crippen molar-refractivity contribution in [2.75, 3.05) is 13.2 Å². The maximum Gasteiger partial charge on any atom is 0.251 e. The summed E-state index contributed by atoms with van der Waals surface area (Å²) in [5, 5.41) is 15.4. The van der Waals surface area contributed by atoms with Gasteiger partial charge < -0.3 is 14.8 Å². The van der Waals surface area contributed by atoms with E-state index in [1.54, 1.807) is 48.5 Å². The lowest BCUT2D eigenvalue weighted by Gasteiger charge is -2.10. The zero-order valence-electron chi connectivity index (χ0n) is 17.7. The maximum atomic E-state index is 13.2. The van der Waals surface area contributed by atoms with E-state index in [1.807, 2.05) is 13.8 Å². The molecule has 0 saturated heterocycles. The van der Waals surface area contributed by atoms with Crippen LogP contribution in [0.1, 0.15) is 24.2 Å². The molecule has 2 aromatic carbocycles. The standard InChI is InChI=1S/C23H22FN5O3/c1-15(2)32-19-9-5-17(6-10-19)23(30)25-13-14-31-21-12-11-20-26-27-22(29(20)28-21)16-3-7-18(24)8-4-16/h3-12,15H,13-14H2,1-2H3,(H,25,30). The van der Waals surface area contributed by atoms with Gasteiger partial charge in [0.15, 0.2) is 11.5 Å². The Morgan fingerprint density at radius 2 is 1.78 bits per heavy atom. The summed E-state index contributed by atoms with van der Waals surface area (Å²) >= 11 is 0. The molecule has 0 radical (unpaired) electrons. The molecule has 9 heteroatoms. The fourth-order valence-electron chi connectivity index (χ4n) is 3.01. The van der Waals surface area contributed by atoms with Crippen molar-refractivity contribution in [1.29, 1.82) is 0 Å². The van der Waals surface area contributed by atoms with E-state index in [0.29, 0.717) is 35.0 Å². The summed E-state index contributed by atoms with van der Waals surface area (Å²) in [5.41, 5.74) is 1.75. The molecule has 0 fully saturated rings. The minimum atomic E-state index is -0.332. The second kappa shape index (κ2) is 9.42. The highest BCUT2D eigenvalue weighted by molar-refractivity contribution is 5.94. The second-order valence-corrected chi connectivity index (χ2v) is 7.27. The van der Waals surface area contributed by atoms with Crippen LogP contribution in [-0.2, 0) is 0 Å². The van der Waals surface area contributed by atoms with Gasteiger partial charge in [-0.15, -0.1) is 15.3 Å². The van der Waals surface area contributed by atoms with E-state index in [9.17, 15) is 9.18 Å². The number of amides is 1. The smallest absolute Gasteiger partial charge is 0.251 e. The first-order chi connectivity index (χ1) is 15.5. The molecule has 0 spiro atoms. The van der Waals surface area contributed by atoms with E-state index < -0.39 is 0 Å². The molecule has 2 aromatic heterocycles. The summed E-state index contributed by atoms with van der Waals surface area (Å²) in [4.78, 5) is 12.3. The molecule has 1 amide bonds. The molecule has 0 aliphatic carbocycles. The number of carbonyl (C=O) groups is 1. The molecule has 32 heavy (non-hydrogen) atoms. The maximum absolute atomic E-state index is 13.2. The van der Waals surface area contributed by atoms with Gasteiger partial charge in [0.05, 0.1) is 12.6 Å². The number of hydrogen-bond donors (Lipinski definition) is 1. The molecule has 0 aliphatic heterocycles. The Bertz CT molecular complexity index is 1210. The Morgan fingerprint density at radius 3 is 2.50 bits per heavy atom. The summed E-state index contributed by atoms with van der Waals surface area (Å²) in [6.45, 7) is 4.42. The van der Waals surface area contributed by atoms with Crippen LogP contribution in [0.5, 0.6) is 11.6 Å². The first kappa shape index (κ1) is 21.2. The highest BCUT2D eigenvalue weighted by atomic mass is 19.1. The molecule has 2 heterocycles. The van der Waals surface area contributed by atoms with E-state index in [1.165, 1.54) is 16.6 Å². The van der Waals surface area contributed by atoms with E-state index in [0.717, 1.165) is 5.75 Å². The molecule has 0 saturated carbocycles. The summed E-state index contributed by atoms with van der Waals surface area (Å²) in [5.74, 6) is 1.01. The molecular weight excluding hydrogens is 413 g/mol. The zero-order valence-corrected chi connectivity index (χ0v) is 17.7. The third kappa shape index (κ3) is 5.00. The van der Waals surface area contributed by atoms with Crippen molar-refractivity contribution in [3.63, 3.8) is 0 Å². The first-order valence-corrected chi connectivity index (χ1v) is 10.2. The van der Waals surface area contributed by atoms with Gasteiger partial charge in [0.1, 0.15) is 18.2 Å². The predicted octanol–water partition coefficient (Wildman–Crippen LogP) is 3.53. The van der Waals surface area contributed by atoms with Crippen molar-refractivity contribution < 1.29 is 18.7 Å². The topological polar surface area (TPSA) is 90.6 Å². The van der Waals surface area contributed by atoms with Crippen molar-refractivity contribution in [2.24, 2.45) is 0 Å². The number of nitrogens with zero attached hydrogens (tertiary/aromatic N) is 4. The van der Waals surface area contributed by atoms with Crippen LogP contribution >= 0.6 is 0 Å². The van der Waals surface area contributed by atoms with Crippen molar-refractivity contribution in [1.82, 2.24) is 25.1 Å². The number of carbonyl (C=O) groups excluding carboxylic acids is 1. The van der Waals surface area contributed by atoms with Crippen molar-refractivity contribution in [3.05, 3.63) is 72.0 Å². The van der Waals surface area contributed by atoms with Crippen LogP contribution in [0.25, 0.3) is 17.0 Å². The predicted molar refractivity (Wildman–Crippen MR) is 116 cm³/mol. The van der Waals surface area contributed by atoms with E-state index >= 15 is 0 Å². The highest BCUT2D eigenvalue weighted by Gasteiger charge is 2.11. The minimum Gasteiger partial charge on any atom is -0.491 e. The number of nitrogens with one attached hydrogen (secondary N) is 1. The average molecular weight is 435 g/mol. The molecule has 1 N–H and O–H groups in total. The van der Waals surface area contributed by atoms with Crippen LogP contribution in [0.2, 0.25) is 0 Å². The molecule has 0 aliphatic rings. The van der Waals surface area contributed by atoms with Crippen LogP contribution in [-0.4, -0.2) is 45.0 Å². The fourth-order valence-corrected chi connectivity index (χ4v) is 3.01. The minimum absolute atomic E-state index is 0.0736. The van der Waals surface area contributed by atoms with Gasteiger partial charge >= 0.3 is 0 Å². The molecular formula is C23H22FN5O3. The largest absolute Gasteiger partial charge is 0.491 e. The molecule has 8 nitrogen and oxygen atoms in total. The number of hydrogen-bond acceptors (Lipinski definition) is 6. The van der Waals surface area contributed by atoms with Gasteiger partial charge in [-0.05, 0) is 68.4 Å². The van der Waals surface area contributed by atoms with Crippen LogP contribution in [0.4, 0.5) is 4.39 Å². The van der Waals surface area contributed by atoms with E-state index in [-0.39, 0.29) is 24.4 Å². The Balaban J connectivity index is 1.34. The SMILES string of the molecule is CC(C)Oc1ccc(C(=O)NCCOc2ccc3nnc(-c4ccc(F)cc4)n3n2)cc1. The van der Waals surface area contributed by atoms with Gasteiger partial charge in [0.25, 0.3) is 5.91 Å². The van der Waals surface area contributed by atoms with Gasteiger partial charge in [-0.2, -0.15) is 4.52 Å². The average Bonchev–Trinajstić information content (AvgIpc) is 3.20. The van der Waals surface area contributed by atoms with Crippen molar-refractivity contribution >= 4 is 11.6 Å². The quantitative estimate of drug-likeness (QED) is 0.426. The van der Waals surface area contributed by atoms with Crippen molar-refractivity contribution in [3.8, 4) is 23.0 Å². The normalized spacial score (nSPS) is 11.0. The second-order valence-electron chi connectivity index (χ2n) is 7.27. The van der Waals surface area contributed by atoms with Gasteiger partial charge in [-0.3, -0.25) is 4.79 Å². The number of rotatable bonds is 8. The lowest BCUT2D eigenvalue weighted by molar-refractivity contribution is 0.0946. The first-order valence-electron chi connectivity index (χ1n) is 10.2. The molecule has 4 aromatic rings. The van der Waals surface area contributed by atoms with E-state index in [4.69, 9.17) is 9.47 Å². The van der Waals surface area contributed by atoms with Crippen molar-refractivity contribution in [2.45, 2.75) is 20.0 Å². The number of aromatic nitrogens is 4. The summed E-state index contributed by atoms with van der Waals surface area (Å²) in [6.07, 6.45) is 0.0736. The number of halogens is 1. The van der Waals surface area contributed by atoms with Gasteiger partial charge in [-0.25, -0.2) is 4.39 Å². The number of ether oxygens (including phenoxy) is 2. The zero-order chi connectivity index (χ0) is 22.5. The lowest BCUT2D eigenvalue weighted by Crippen LogP contribution is -2.28. The molecule has 0 atom stereocenters. The summed E-state index contributed by atoms with van der Waals surface area (Å²) in [6, 6.07) is 16.3. The Kier molecular flexibility index (Phi) is 6.25. The summed E-state index contributed by atoms with van der Waals surface area (Å²) < 4.78 is 26.0. The van der Waals surface area contributed by atoms with E-state index in [2.05, 4.69) is 20.6 Å². The van der Waals surface area contributed by atoms with Gasteiger partial charge in [0, 0.05) is 17.2 Å². The van der Waals surface area contributed by atoms with Gasteiger partial charge in [0.2, 0.25) is 5.88 Å². The fraction of sp³-hybridized carbons (Fsp3) is 0.217.